The maximum absolute atomic E-state index is 13.5. The maximum Gasteiger partial charge on any atom is 0.337 e. The van der Waals surface area contributed by atoms with Gasteiger partial charge in [-0.2, -0.15) is 0 Å². The molecule has 0 spiro atoms. The van der Waals surface area contributed by atoms with Gasteiger partial charge in [0.05, 0.1) is 0 Å². The van der Waals surface area contributed by atoms with Crippen LogP contribution in [0.4, 0.5) is 0 Å². The molecule has 37 heavy (non-hydrogen) atoms. The van der Waals surface area contributed by atoms with E-state index in [-0.39, 0.29) is 5.97 Å². The number of esters is 1. The predicted molar refractivity (Wildman–Crippen MR) is 159 cm³/mol. The van der Waals surface area contributed by atoms with Gasteiger partial charge in [0.25, 0.3) is 0 Å². The first-order chi connectivity index (χ1) is 18.2. The molecule has 0 aliphatic rings. The molecule has 0 amide bonds. The first-order valence-electron chi connectivity index (χ1n) is 12.2. The summed E-state index contributed by atoms with van der Waals surface area (Å²) in [4.78, 5) is 13.5. The molecule has 5 aromatic carbocycles. The van der Waals surface area contributed by atoms with Crippen LogP contribution >= 0.6 is 6.89 Å². The van der Waals surface area contributed by atoms with Crippen molar-refractivity contribution in [2.45, 2.75) is 0 Å². The third kappa shape index (κ3) is 5.26. The standard InChI is InChI=1S/C34H27O2P/c1-2-27-18-20-28(21-19-27)29-22-24-30(25-23-29)36-34(35)26-37(31-12-6-3-7-13-31,32-14-8-4-9-15-32)33-16-10-5-11-17-33/h2-26H,1H2. The molecule has 0 saturated carbocycles. The Morgan fingerprint density at radius 3 is 1.38 bits per heavy atom. The highest BCUT2D eigenvalue weighted by Gasteiger charge is 2.26. The number of benzene rings is 5. The number of rotatable bonds is 7. The van der Waals surface area contributed by atoms with Gasteiger partial charge in [-0.15, -0.1) is 0 Å². The van der Waals surface area contributed by atoms with Gasteiger partial charge in [0, 0.05) is 5.80 Å². The van der Waals surface area contributed by atoms with Gasteiger partial charge in [-0.1, -0.05) is 140 Å². The van der Waals surface area contributed by atoms with Gasteiger partial charge in [-0.05, 0) is 51.6 Å². The third-order valence-electron chi connectivity index (χ3n) is 6.34. The van der Waals surface area contributed by atoms with Gasteiger partial charge < -0.3 is 4.74 Å². The molecule has 5 aromatic rings. The lowest BCUT2D eigenvalue weighted by Crippen LogP contribution is -2.29. The molecular weight excluding hydrogens is 471 g/mol. The fourth-order valence-electron chi connectivity index (χ4n) is 4.49. The Morgan fingerprint density at radius 1 is 0.568 bits per heavy atom. The van der Waals surface area contributed by atoms with E-state index in [2.05, 4.69) is 55.1 Å². The summed E-state index contributed by atoms with van der Waals surface area (Å²) in [5.41, 5.74) is 3.23. The van der Waals surface area contributed by atoms with E-state index < -0.39 is 6.89 Å². The number of hydrogen-bond donors (Lipinski definition) is 0. The van der Waals surface area contributed by atoms with Crippen molar-refractivity contribution in [3.63, 3.8) is 0 Å². The second-order valence-corrected chi connectivity index (χ2v) is 11.9. The Kier molecular flexibility index (Phi) is 7.31. The summed E-state index contributed by atoms with van der Waals surface area (Å²) in [7, 11) is 0. The monoisotopic (exact) mass is 498 g/mol. The lowest BCUT2D eigenvalue weighted by Gasteiger charge is -2.28. The van der Waals surface area contributed by atoms with Crippen molar-refractivity contribution in [1.29, 1.82) is 0 Å². The van der Waals surface area contributed by atoms with Crippen molar-refractivity contribution in [3.05, 3.63) is 152 Å². The average molecular weight is 499 g/mol. The molecule has 0 aromatic heterocycles. The number of carbonyl (C=O) groups excluding carboxylic acids is 1. The normalized spacial score (nSPS) is 10.9. The van der Waals surface area contributed by atoms with E-state index in [1.54, 1.807) is 5.80 Å². The fraction of sp³-hybridized carbons (Fsp3) is 0. The zero-order valence-corrected chi connectivity index (χ0v) is 21.3. The van der Waals surface area contributed by atoms with Crippen LogP contribution in [0, 0.1) is 0 Å². The quantitative estimate of drug-likeness (QED) is 0.142. The predicted octanol–water partition coefficient (Wildman–Crippen LogP) is 6.70. The van der Waals surface area contributed by atoms with Crippen LogP contribution in [0.2, 0.25) is 0 Å². The van der Waals surface area contributed by atoms with Crippen molar-refractivity contribution in [3.8, 4) is 16.9 Å². The Hall–Kier alpha value is -4.39. The van der Waals surface area contributed by atoms with E-state index >= 15 is 0 Å². The SMILES string of the molecule is C=Cc1ccc(-c2ccc(OC(=O)C=P(c3ccccc3)(c3ccccc3)c3ccccc3)cc2)cc1. The molecule has 2 nitrogen and oxygen atoms in total. The van der Waals surface area contributed by atoms with Crippen LogP contribution in [0.15, 0.2) is 146 Å². The van der Waals surface area contributed by atoms with Crippen molar-refractivity contribution in [2.24, 2.45) is 0 Å². The van der Waals surface area contributed by atoms with E-state index in [0.717, 1.165) is 32.6 Å². The van der Waals surface area contributed by atoms with Gasteiger partial charge in [0.1, 0.15) is 5.75 Å². The molecule has 180 valence electrons. The van der Waals surface area contributed by atoms with E-state index in [4.69, 9.17) is 4.74 Å². The van der Waals surface area contributed by atoms with Gasteiger partial charge in [-0.25, -0.2) is 4.79 Å². The molecule has 3 heteroatoms. The first kappa shape index (κ1) is 24.3. The minimum absolute atomic E-state index is 0.368. The number of hydrogen-bond acceptors (Lipinski definition) is 2. The number of carbonyl (C=O) groups is 1. The molecular formula is C34H27O2P. The van der Waals surface area contributed by atoms with Crippen molar-refractivity contribution in [2.75, 3.05) is 0 Å². The van der Waals surface area contributed by atoms with Gasteiger partial charge >= 0.3 is 5.97 Å². The molecule has 5 rings (SSSR count). The summed E-state index contributed by atoms with van der Waals surface area (Å²) in [5.74, 6) is 1.95. The largest absolute Gasteiger partial charge is 0.423 e. The van der Waals surface area contributed by atoms with E-state index in [0.29, 0.717) is 5.75 Å². The van der Waals surface area contributed by atoms with Crippen LogP contribution in [0.3, 0.4) is 0 Å². The van der Waals surface area contributed by atoms with Crippen LogP contribution < -0.4 is 20.7 Å². The second kappa shape index (κ2) is 11.1. The van der Waals surface area contributed by atoms with E-state index in [1.165, 1.54) is 0 Å². The molecule has 0 aliphatic heterocycles. The van der Waals surface area contributed by atoms with Gasteiger partial charge in [-0.3, -0.25) is 0 Å². The second-order valence-electron chi connectivity index (χ2n) is 8.63. The molecule has 0 N–H and O–H groups in total. The topological polar surface area (TPSA) is 26.3 Å². The summed E-state index contributed by atoms with van der Waals surface area (Å²) < 4.78 is 5.88. The van der Waals surface area contributed by atoms with E-state index in [1.807, 2.05) is 97.1 Å². The average Bonchev–Trinajstić information content (AvgIpc) is 2.98. The van der Waals surface area contributed by atoms with Gasteiger partial charge in [0.15, 0.2) is 0 Å². The summed E-state index contributed by atoms with van der Waals surface area (Å²) in [5, 5.41) is 3.30. The first-order valence-corrected chi connectivity index (χ1v) is 14.0. The minimum Gasteiger partial charge on any atom is -0.423 e. The molecule has 0 saturated heterocycles. The lowest BCUT2D eigenvalue weighted by atomic mass is 10.0. The zero-order valence-electron chi connectivity index (χ0n) is 20.4. The summed E-state index contributed by atoms with van der Waals surface area (Å²) >= 11 is 0. The Balaban J connectivity index is 1.54. The Labute approximate surface area is 218 Å². The third-order valence-corrected chi connectivity index (χ3v) is 10.3. The molecule has 0 fully saturated rings. The van der Waals surface area contributed by atoms with Crippen LogP contribution in [0.1, 0.15) is 5.56 Å². The Morgan fingerprint density at radius 2 is 0.973 bits per heavy atom. The lowest BCUT2D eigenvalue weighted by molar-refractivity contribution is -0.126. The molecule has 0 unspecified atom stereocenters. The smallest absolute Gasteiger partial charge is 0.337 e. The zero-order chi connectivity index (χ0) is 25.5. The van der Waals surface area contributed by atoms with Crippen LogP contribution in [-0.4, -0.2) is 11.8 Å². The highest BCUT2D eigenvalue weighted by molar-refractivity contribution is 7.95. The van der Waals surface area contributed by atoms with Crippen molar-refractivity contribution in [1.82, 2.24) is 0 Å². The van der Waals surface area contributed by atoms with Crippen molar-refractivity contribution >= 4 is 40.6 Å². The summed E-state index contributed by atoms with van der Waals surface area (Å²) in [6.45, 7) is 1.39. The summed E-state index contributed by atoms with van der Waals surface area (Å²) in [6.07, 6.45) is 1.83. The van der Waals surface area contributed by atoms with Crippen molar-refractivity contribution < 1.29 is 9.53 Å². The van der Waals surface area contributed by atoms with Crippen LogP contribution in [0.5, 0.6) is 5.75 Å². The molecule has 0 bridgehead atoms. The van der Waals surface area contributed by atoms with E-state index in [9.17, 15) is 4.79 Å². The van der Waals surface area contributed by atoms with Crippen LogP contribution in [0.25, 0.3) is 17.2 Å². The molecule has 0 radical (unpaired) electrons. The van der Waals surface area contributed by atoms with Crippen LogP contribution in [-0.2, 0) is 4.79 Å². The minimum atomic E-state index is -2.42. The highest BCUT2D eigenvalue weighted by atomic mass is 31.2. The summed E-state index contributed by atoms with van der Waals surface area (Å²) in [6, 6.07) is 46.6. The molecule has 0 heterocycles. The molecule has 0 aliphatic carbocycles. The molecule has 0 atom stereocenters. The maximum atomic E-state index is 13.5. The van der Waals surface area contributed by atoms with Gasteiger partial charge in [0.2, 0.25) is 0 Å². The number of ether oxygens (including phenoxy) is 1. The fourth-order valence-corrected chi connectivity index (χ4v) is 8.13. The highest BCUT2D eigenvalue weighted by Crippen LogP contribution is 2.43. The Bertz CT molecular complexity index is 1430.